The van der Waals surface area contributed by atoms with Gasteiger partial charge in [0.25, 0.3) is 0 Å². The van der Waals surface area contributed by atoms with Gasteiger partial charge < -0.3 is 10.2 Å². The van der Waals surface area contributed by atoms with Crippen molar-refractivity contribution in [1.29, 1.82) is 0 Å². The summed E-state index contributed by atoms with van der Waals surface area (Å²) < 4.78 is 0. The molecule has 3 saturated carbocycles. The zero-order chi connectivity index (χ0) is 22.8. The van der Waals surface area contributed by atoms with Crippen LogP contribution >= 0.6 is 0 Å². The maximum Gasteiger partial charge on any atom is 0.187 e. The molecule has 0 radical (unpaired) electrons. The van der Waals surface area contributed by atoms with E-state index in [0.717, 1.165) is 19.3 Å². The maximum atomic E-state index is 13.3. The van der Waals surface area contributed by atoms with Gasteiger partial charge in [0.15, 0.2) is 5.78 Å². The average molecular weight is 429 g/mol. The molecule has 0 unspecified atom stereocenters. The fourth-order valence-corrected chi connectivity index (χ4v) is 7.96. The summed E-state index contributed by atoms with van der Waals surface area (Å²) in [5, 5.41) is 21.7. The molecule has 3 heteroatoms. The number of fused-ring (bicyclic) bond motifs is 5. The maximum absolute atomic E-state index is 13.3. The Hall–Kier alpha value is -0.930. The lowest BCUT2D eigenvalue weighted by Crippen LogP contribution is -2.64. The van der Waals surface area contributed by atoms with Crippen LogP contribution in [0.5, 0.6) is 0 Å². The summed E-state index contributed by atoms with van der Waals surface area (Å²) in [6, 6.07) is 0. The molecule has 174 valence electrons. The molecule has 9 atom stereocenters. The Morgan fingerprint density at radius 3 is 2.39 bits per heavy atom. The highest BCUT2D eigenvalue weighted by Gasteiger charge is 2.65. The lowest BCUT2D eigenvalue weighted by molar-refractivity contribution is -0.180. The number of hydrogen-bond acceptors (Lipinski definition) is 3. The van der Waals surface area contributed by atoms with Gasteiger partial charge in [-0.05, 0) is 85.5 Å². The monoisotopic (exact) mass is 428 g/mol. The van der Waals surface area contributed by atoms with Crippen molar-refractivity contribution in [2.75, 3.05) is 0 Å². The van der Waals surface area contributed by atoms with Gasteiger partial charge in [0.2, 0.25) is 0 Å². The molecule has 2 N–H and O–H groups in total. The SMILES string of the molecule is CC(C)[C@@H](C)/C=C/[C@@H](C)[C@@H]1CC[C@@H]2C3=CC(=O)[C@]4(O)C[C@H](O)CC[C@@]4(C)[C@H]3CC[C@@]21C. The molecule has 3 fully saturated rings. The molecule has 0 bridgehead atoms. The van der Waals surface area contributed by atoms with Crippen LogP contribution in [-0.2, 0) is 4.79 Å². The molecular formula is C28H44O3. The Labute approximate surface area is 189 Å². The van der Waals surface area contributed by atoms with Gasteiger partial charge in [0, 0.05) is 11.8 Å². The van der Waals surface area contributed by atoms with Gasteiger partial charge in [-0.2, -0.15) is 0 Å². The summed E-state index contributed by atoms with van der Waals surface area (Å²) in [7, 11) is 0. The third kappa shape index (κ3) is 3.41. The number of hydrogen-bond donors (Lipinski definition) is 2. The third-order valence-corrected chi connectivity index (χ3v) is 10.5. The number of ketones is 1. The van der Waals surface area contributed by atoms with Crippen molar-refractivity contribution in [3.8, 4) is 0 Å². The van der Waals surface area contributed by atoms with Crippen LogP contribution in [-0.4, -0.2) is 27.7 Å². The molecule has 0 aromatic carbocycles. The number of carbonyl (C=O) groups excluding carboxylic acids is 1. The summed E-state index contributed by atoms with van der Waals surface area (Å²) >= 11 is 0. The summed E-state index contributed by atoms with van der Waals surface area (Å²) in [6.45, 7) is 13.9. The van der Waals surface area contributed by atoms with E-state index in [1.165, 1.54) is 18.4 Å². The van der Waals surface area contributed by atoms with Crippen molar-refractivity contribution >= 4 is 5.78 Å². The van der Waals surface area contributed by atoms with Crippen LogP contribution in [0.4, 0.5) is 0 Å². The van der Waals surface area contributed by atoms with Crippen LogP contribution in [0.15, 0.2) is 23.8 Å². The van der Waals surface area contributed by atoms with E-state index in [-0.39, 0.29) is 23.5 Å². The van der Waals surface area contributed by atoms with Gasteiger partial charge in [0.1, 0.15) is 5.60 Å². The van der Waals surface area contributed by atoms with Crippen LogP contribution in [0, 0.1) is 46.3 Å². The lowest BCUT2D eigenvalue weighted by Gasteiger charge is -2.59. The zero-order valence-corrected chi connectivity index (χ0v) is 20.5. The van der Waals surface area contributed by atoms with Gasteiger partial charge in [0.05, 0.1) is 6.10 Å². The van der Waals surface area contributed by atoms with Crippen molar-refractivity contribution in [3.05, 3.63) is 23.8 Å². The van der Waals surface area contributed by atoms with Crippen LogP contribution in [0.25, 0.3) is 0 Å². The minimum atomic E-state index is -1.40. The normalized spacial score (nSPS) is 47.0. The number of carbonyl (C=O) groups is 1. The Bertz CT molecular complexity index is 781. The molecule has 4 rings (SSSR count). The van der Waals surface area contributed by atoms with Crippen molar-refractivity contribution in [2.45, 2.75) is 98.2 Å². The van der Waals surface area contributed by atoms with Crippen molar-refractivity contribution in [2.24, 2.45) is 46.3 Å². The fourth-order valence-electron chi connectivity index (χ4n) is 7.96. The van der Waals surface area contributed by atoms with Gasteiger partial charge >= 0.3 is 0 Å². The Morgan fingerprint density at radius 1 is 1.00 bits per heavy atom. The van der Waals surface area contributed by atoms with E-state index in [4.69, 9.17) is 0 Å². The molecule has 4 aliphatic rings. The highest BCUT2D eigenvalue weighted by molar-refractivity contribution is 5.99. The molecule has 3 nitrogen and oxygen atoms in total. The second-order valence-corrected chi connectivity index (χ2v) is 12.4. The van der Waals surface area contributed by atoms with Gasteiger partial charge in [-0.25, -0.2) is 0 Å². The molecule has 0 heterocycles. The molecule has 0 aromatic heterocycles. The molecule has 0 spiro atoms. The molecular weight excluding hydrogens is 384 g/mol. The molecule has 0 aromatic rings. The number of aliphatic hydroxyl groups is 2. The van der Waals surface area contributed by atoms with Crippen LogP contribution in [0.2, 0.25) is 0 Å². The Morgan fingerprint density at radius 2 is 1.71 bits per heavy atom. The number of aliphatic hydroxyl groups excluding tert-OH is 1. The summed E-state index contributed by atoms with van der Waals surface area (Å²) in [4.78, 5) is 13.3. The Kier molecular flexibility index (Phi) is 5.87. The van der Waals surface area contributed by atoms with Crippen LogP contribution < -0.4 is 0 Å². The van der Waals surface area contributed by atoms with Gasteiger partial charge in [-0.1, -0.05) is 59.3 Å². The first-order valence-electron chi connectivity index (χ1n) is 12.8. The molecule has 4 aliphatic carbocycles. The highest BCUT2D eigenvalue weighted by Crippen LogP contribution is 2.67. The minimum absolute atomic E-state index is 0.147. The smallest absolute Gasteiger partial charge is 0.187 e. The standard InChI is InChI=1S/C28H44O3/c1-17(2)18(3)7-8-19(4)22-9-10-23-21-15-25(30)28(31)16-20(29)11-14-27(28,6)24(21)12-13-26(22,23)5/h7-8,15,17-20,22-24,29,31H,9-14,16H2,1-6H3/b8-7+/t18-,19+,20+,22-,23+,24-,26+,27-,28+/m0/s1. The minimum Gasteiger partial charge on any atom is -0.393 e. The van der Waals surface area contributed by atoms with E-state index in [2.05, 4.69) is 53.7 Å². The molecule has 0 saturated heterocycles. The summed E-state index contributed by atoms with van der Waals surface area (Å²) in [6.07, 6.45) is 12.4. The topological polar surface area (TPSA) is 57.5 Å². The fraction of sp³-hybridized carbons (Fsp3) is 0.821. The van der Waals surface area contributed by atoms with E-state index >= 15 is 0 Å². The molecule has 0 amide bonds. The van der Waals surface area contributed by atoms with Crippen molar-refractivity contribution in [3.63, 3.8) is 0 Å². The predicted molar refractivity (Wildman–Crippen MR) is 125 cm³/mol. The van der Waals surface area contributed by atoms with Crippen molar-refractivity contribution < 1.29 is 15.0 Å². The second-order valence-electron chi connectivity index (χ2n) is 12.4. The molecule has 0 aliphatic heterocycles. The van der Waals surface area contributed by atoms with E-state index < -0.39 is 17.1 Å². The van der Waals surface area contributed by atoms with E-state index in [1.54, 1.807) is 0 Å². The van der Waals surface area contributed by atoms with E-state index in [1.807, 2.05) is 6.08 Å². The second kappa shape index (κ2) is 7.83. The summed E-state index contributed by atoms with van der Waals surface area (Å²) in [5.74, 6) is 3.03. The lowest BCUT2D eigenvalue weighted by atomic mass is 9.46. The quantitative estimate of drug-likeness (QED) is 0.564. The van der Waals surface area contributed by atoms with Crippen LogP contribution in [0.3, 0.4) is 0 Å². The predicted octanol–water partition coefficient (Wildman–Crippen LogP) is 5.70. The first-order valence-corrected chi connectivity index (χ1v) is 12.8. The highest BCUT2D eigenvalue weighted by atomic mass is 16.3. The average Bonchev–Trinajstić information content (AvgIpc) is 3.05. The number of allylic oxidation sites excluding steroid dienone is 3. The van der Waals surface area contributed by atoms with E-state index in [9.17, 15) is 15.0 Å². The number of rotatable bonds is 4. The molecule has 31 heavy (non-hydrogen) atoms. The first kappa shape index (κ1) is 23.2. The van der Waals surface area contributed by atoms with Crippen molar-refractivity contribution in [1.82, 2.24) is 0 Å². The largest absolute Gasteiger partial charge is 0.393 e. The van der Waals surface area contributed by atoms with Gasteiger partial charge in [-0.15, -0.1) is 0 Å². The van der Waals surface area contributed by atoms with Crippen LogP contribution in [0.1, 0.15) is 86.5 Å². The first-order chi connectivity index (χ1) is 14.4. The Balaban J connectivity index is 1.62. The van der Waals surface area contributed by atoms with E-state index in [0.29, 0.717) is 36.0 Å². The third-order valence-electron chi connectivity index (χ3n) is 10.5. The zero-order valence-electron chi connectivity index (χ0n) is 20.5. The summed E-state index contributed by atoms with van der Waals surface area (Å²) in [5.41, 5.74) is -0.275. The van der Waals surface area contributed by atoms with Gasteiger partial charge in [-0.3, -0.25) is 4.79 Å².